The van der Waals surface area contributed by atoms with Gasteiger partial charge in [0.15, 0.2) is 5.13 Å². The highest BCUT2D eigenvalue weighted by Gasteiger charge is 2.16. The Hall–Kier alpha value is -2.62. The minimum absolute atomic E-state index is 0.134. The number of thiophene rings is 1. The van der Waals surface area contributed by atoms with Crippen molar-refractivity contribution in [3.05, 3.63) is 44.6 Å². The average molecular weight is 325 g/mol. The van der Waals surface area contributed by atoms with Crippen LogP contribution in [-0.4, -0.2) is 26.8 Å². The molecule has 10 heteroatoms. The van der Waals surface area contributed by atoms with E-state index in [9.17, 15) is 19.3 Å². The van der Waals surface area contributed by atoms with Gasteiger partial charge in [-0.15, -0.1) is 11.3 Å². The maximum Gasteiger partial charge on any atom is 0.306 e. The van der Waals surface area contributed by atoms with Crippen LogP contribution in [0.15, 0.2) is 29.6 Å². The third-order valence-corrected chi connectivity index (χ3v) is 3.51. The third kappa shape index (κ3) is 4.19. The first-order valence-corrected chi connectivity index (χ1v) is 7.02. The zero-order chi connectivity index (χ0) is 16.1. The predicted octanol–water partition coefficient (Wildman–Crippen LogP) is 1.78. The second kappa shape index (κ2) is 6.89. The van der Waals surface area contributed by atoms with E-state index in [1.807, 2.05) is 0 Å². The first-order valence-electron chi connectivity index (χ1n) is 6.21. The van der Waals surface area contributed by atoms with Gasteiger partial charge in [0.25, 0.3) is 0 Å². The van der Waals surface area contributed by atoms with Crippen molar-refractivity contribution in [2.24, 2.45) is 11.0 Å². The summed E-state index contributed by atoms with van der Waals surface area (Å²) in [6.07, 6.45) is 3.71. The van der Waals surface area contributed by atoms with Gasteiger partial charge in [-0.3, -0.25) is 19.6 Å². The molecule has 0 bridgehead atoms. The lowest BCUT2D eigenvalue weighted by molar-refractivity contribution is -0.385. The van der Waals surface area contributed by atoms with E-state index >= 15 is 0 Å². The molecule has 0 aromatic carbocycles. The van der Waals surface area contributed by atoms with Crippen LogP contribution < -0.4 is 5.43 Å². The smallest absolute Gasteiger partial charge is 0.273 e. The summed E-state index contributed by atoms with van der Waals surface area (Å²) < 4.78 is 14.1. The molecule has 2 rings (SSSR count). The molecule has 22 heavy (non-hydrogen) atoms. The molecular weight excluding hydrogens is 313 g/mol. The van der Waals surface area contributed by atoms with Crippen LogP contribution in [0.4, 0.5) is 10.1 Å². The van der Waals surface area contributed by atoms with Crippen LogP contribution >= 0.6 is 11.3 Å². The number of halogens is 1. The van der Waals surface area contributed by atoms with Gasteiger partial charge in [0.05, 0.1) is 28.5 Å². The average Bonchev–Trinajstić information content (AvgIpc) is 3.08. The van der Waals surface area contributed by atoms with Crippen molar-refractivity contribution < 1.29 is 14.1 Å². The van der Waals surface area contributed by atoms with Gasteiger partial charge < -0.3 is 0 Å². The number of hydrogen-bond acceptors (Lipinski definition) is 6. The molecule has 1 N–H and O–H groups in total. The molecule has 0 aliphatic carbocycles. The van der Waals surface area contributed by atoms with E-state index in [1.54, 1.807) is 13.0 Å². The van der Waals surface area contributed by atoms with Gasteiger partial charge >= 0.3 is 5.69 Å². The van der Waals surface area contributed by atoms with Gasteiger partial charge in [-0.1, -0.05) is 6.92 Å². The molecule has 1 unspecified atom stereocenters. The maximum absolute atomic E-state index is 12.8. The minimum atomic E-state index is -0.557. The number of carbonyl (C=O) groups is 1. The second-order valence-electron chi connectivity index (χ2n) is 4.45. The quantitative estimate of drug-likeness (QED) is 0.497. The normalized spacial score (nSPS) is 12.5. The molecule has 1 atom stereocenters. The van der Waals surface area contributed by atoms with Crippen LogP contribution in [-0.2, 0) is 11.3 Å². The number of hydrazone groups is 1. The monoisotopic (exact) mass is 325 g/mol. The summed E-state index contributed by atoms with van der Waals surface area (Å²) in [5, 5.41) is 17.7. The predicted molar refractivity (Wildman–Crippen MR) is 78.1 cm³/mol. The Labute approximate surface area is 128 Å². The van der Waals surface area contributed by atoms with E-state index in [4.69, 9.17) is 0 Å². The zero-order valence-electron chi connectivity index (χ0n) is 11.5. The number of hydrogen-bond donors (Lipinski definition) is 1. The van der Waals surface area contributed by atoms with Crippen molar-refractivity contribution >= 4 is 29.1 Å². The Morgan fingerprint density at radius 3 is 3.05 bits per heavy atom. The third-order valence-electron chi connectivity index (χ3n) is 2.70. The molecule has 0 saturated heterocycles. The molecule has 116 valence electrons. The van der Waals surface area contributed by atoms with Crippen LogP contribution in [0.1, 0.15) is 11.8 Å². The fourth-order valence-electron chi connectivity index (χ4n) is 1.58. The van der Waals surface area contributed by atoms with E-state index in [0.717, 1.165) is 17.5 Å². The van der Waals surface area contributed by atoms with Crippen molar-refractivity contribution in [3.63, 3.8) is 0 Å². The lowest BCUT2D eigenvalue weighted by Gasteiger charge is -2.08. The fraction of sp³-hybridized carbons (Fsp3) is 0.250. The Morgan fingerprint density at radius 2 is 2.45 bits per heavy atom. The number of amides is 1. The molecule has 0 aliphatic heterocycles. The minimum Gasteiger partial charge on any atom is -0.273 e. The molecule has 2 aromatic rings. The fourth-order valence-corrected chi connectivity index (χ4v) is 2.18. The molecule has 0 aliphatic rings. The standard InChI is InChI=1S/C12H12FN5O3S/c1-8(6-17-7-9(4-15-17)18(20)21)12(19)16-14-5-10-2-3-11(13)22-10/h2-5,7-8H,6H2,1H3,(H,16,19). The molecule has 0 fully saturated rings. The highest BCUT2D eigenvalue weighted by molar-refractivity contribution is 7.12. The van der Waals surface area contributed by atoms with Crippen molar-refractivity contribution in [1.29, 1.82) is 0 Å². The SMILES string of the molecule is CC(Cn1cc([N+](=O)[O-])cn1)C(=O)NN=Cc1ccc(F)s1. The summed E-state index contributed by atoms with van der Waals surface area (Å²) >= 11 is 0.911. The van der Waals surface area contributed by atoms with Crippen molar-refractivity contribution in [3.8, 4) is 0 Å². The maximum atomic E-state index is 12.8. The van der Waals surface area contributed by atoms with Crippen molar-refractivity contribution in [1.82, 2.24) is 15.2 Å². The number of nitrogens with one attached hydrogen (secondary N) is 1. The Bertz CT molecular complexity index is 711. The van der Waals surface area contributed by atoms with E-state index in [2.05, 4.69) is 15.6 Å². The van der Waals surface area contributed by atoms with Crippen molar-refractivity contribution in [2.45, 2.75) is 13.5 Å². The van der Waals surface area contributed by atoms with Crippen LogP contribution in [0.25, 0.3) is 0 Å². The molecule has 2 heterocycles. The Balaban J connectivity index is 1.86. The van der Waals surface area contributed by atoms with E-state index in [-0.39, 0.29) is 23.3 Å². The number of nitrogens with zero attached hydrogens (tertiary/aromatic N) is 4. The number of aromatic nitrogens is 2. The van der Waals surface area contributed by atoms with Gasteiger partial charge in [-0.2, -0.15) is 14.6 Å². The van der Waals surface area contributed by atoms with Crippen LogP contribution in [0.3, 0.4) is 0 Å². The summed E-state index contributed by atoms with van der Waals surface area (Å²) in [7, 11) is 0. The summed E-state index contributed by atoms with van der Waals surface area (Å²) in [5.74, 6) is -0.858. The molecule has 0 saturated carbocycles. The van der Waals surface area contributed by atoms with E-state index in [1.165, 1.54) is 23.2 Å². The molecule has 1 amide bonds. The first-order chi connectivity index (χ1) is 10.5. The summed E-state index contributed by atoms with van der Waals surface area (Å²) in [4.78, 5) is 22.4. The van der Waals surface area contributed by atoms with E-state index < -0.39 is 10.8 Å². The Kier molecular flexibility index (Phi) is 4.94. The molecule has 8 nitrogen and oxygen atoms in total. The van der Waals surface area contributed by atoms with Gasteiger partial charge in [0, 0.05) is 0 Å². The lowest BCUT2D eigenvalue weighted by Crippen LogP contribution is -2.28. The van der Waals surface area contributed by atoms with Crippen LogP contribution in [0.5, 0.6) is 0 Å². The molecule has 0 radical (unpaired) electrons. The van der Waals surface area contributed by atoms with Gasteiger partial charge in [-0.05, 0) is 12.1 Å². The number of nitro groups is 1. The van der Waals surface area contributed by atoms with Crippen LogP contribution in [0.2, 0.25) is 0 Å². The summed E-state index contributed by atoms with van der Waals surface area (Å²) in [6, 6.07) is 2.85. The lowest BCUT2D eigenvalue weighted by atomic mass is 10.2. The van der Waals surface area contributed by atoms with Crippen molar-refractivity contribution in [2.75, 3.05) is 0 Å². The molecule has 0 spiro atoms. The van der Waals surface area contributed by atoms with E-state index in [0.29, 0.717) is 4.88 Å². The number of rotatable bonds is 6. The highest BCUT2D eigenvalue weighted by atomic mass is 32.1. The van der Waals surface area contributed by atoms with Gasteiger partial charge in [0.1, 0.15) is 12.4 Å². The largest absolute Gasteiger partial charge is 0.306 e. The van der Waals surface area contributed by atoms with Gasteiger partial charge in [0.2, 0.25) is 5.91 Å². The number of carbonyl (C=O) groups excluding carboxylic acids is 1. The molecule has 2 aromatic heterocycles. The summed E-state index contributed by atoms with van der Waals surface area (Å²) in [5.41, 5.74) is 2.20. The van der Waals surface area contributed by atoms with Crippen LogP contribution in [0, 0.1) is 21.2 Å². The first kappa shape index (κ1) is 15.8. The molecular formula is C12H12FN5O3S. The second-order valence-corrected chi connectivity index (χ2v) is 5.52. The Morgan fingerprint density at radius 1 is 1.68 bits per heavy atom. The topological polar surface area (TPSA) is 102 Å². The summed E-state index contributed by atoms with van der Waals surface area (Å²) in [6.45, 7) is 1.83. The van der Waals surface area contributed by atoms with Gasteiger partial charge in [-0.25, -0.2) is 5.43 Å². The zero-order valence-corrected chi connectivity index (χ0v) is 12.3. The highest BCUT2D eigenvalue weighted by Crippen LogP contribution is 2.12.